The molecular formula is C29H35FN6O3. The predicted octanol–water partition coefficient (Wildman–Crippen LogP) is 2.52. The van der Waals surface area contributed by atoms with Crippen LogP contribution in [-0.4, -0.2) is 51.1 Å². The van der Waals surface area contributed by atoms with E-state index in [9.17, 15) is 19.1 Å². The molecular weight excluding hydrogens is 499 g/mol. The molecule has 0 unspecified atom stereocenters. The van der Waals surface area contributed by atoms with E-state index in [-0.39, 0.29) is 35.4 Å². The first-order valence-electron chi connectivity index (χ1n) is 13.5. The SMILES string of the molecule is NC(N)=NCCCc1[nH]c(=O)n([C@H](Cc2ccc(F)cc2)C(=O)N2CCC3(CCc4ccccc43)CC2)c1O. The number of fused-ring (bicyclic) bond motifs is 2. The predicted molar refractivity (Wildman–Crippen MR) is 147 cm³/mol. The minimum Gasteiger partial charge on any atom is -0.493 e. The number of piperidine rings is 1. The number of amides is 1. The fraction of sp³-hybridized carbons (Fsp3) is 0.414. The first-order valence-corrected chi connectivity index (χ1v) is 13.5. The number of nitrogens with two attached hydrogens (primary N) is 2. The van der Waals surface area contributed by atoms with E-state index >= 15 is 0 Å². The van der Waals surface area contributed by atoms with Gasteiger partial charge in [0.05, 0.1) is 5.69 Å². The van der Waals surface area contributed by atoms with Gasteiger partial charge in [0, 0.05) is 26.1 Å². The van der Waals surface area contributed by atoms with Gasteiger partial charge < -0.3 is 26.5 Å². The third kappa shape index (κ3) is 5.41. The molecule has 39 heavy (non-hydrogen) atoms. The van der Waals surface area contributed by atoms with Gasteiger partial charge in [0.15, 0.2) is 5.96 Å². The van der Waals surface area contributed by atoms with Gasteiger partial charge in [0.25, 0.3) is 0 Å². The molecule has 0 bridgehead atoms. The molecule has 2 heterocycles. The molecule has 2 aliphatic rings. The molecule has 1 aliphatic heterocycles. The number of hydrogen-bond acceptors (Lipinski definition) is 4. The number of carbonyl (C=O) groups is 1. The molecule has 1 atom stereocenters. The van der Waals surface area contributed by atoms with Crippen LogP contribution in [0.5, 0.6) is 5.88 Å². The first kappa shape index (κ1) is 26.5. The van der Waals surface area contributed by atoms with Crippen molar-refractivity contribution in [2.45, 2.75) is 56.4 Å². The Morgan fingerprint density at radius 2 is 1.82 bits per heavy atom. The normalized spacial score (nSPS) is 16.7. The monoisotopic (exact) mass is 534 g/mol. The van der Waals surface area contributed by atoms with Crippen molar-refractivity contribution in [3.8, 4) is 5.88 Å². The van der Waals surface area contributed by atoms with E-state index in [1.165, 1.54) is 23.3 Å². The molecule has 1 saturated heterocycles. The van der Waals surface area contributed by atoms with Gasteiger partial charge in [-0.1, -0.05) is 36.4 Å². The summed E-state index contributed by atoms with van der Waals surface area (Å²) in [6.45, 7) is 1.47. The summed E-state index contributed by atoms with van der Waals surface area (Å²) < 4.78 is 14.7. The van der Waals surface area contributed by atoms with Gasteiger partial charge in [-0.3, -0.25) is 14.4 Å². The Balaban J connectivity index is 1.38. The quantitative estimate of drug-likeness (QED) is 0.200. The summed E-state index contributed by atoms with van der Waals surface area (Å²) in [4.78, 5) is 35.5. The lowest BCUT2D eigenvalue weighted by Gasteiger charge is -2.41. The zero-order valence-electron chi connectivity index (χ0n) is 21.9. The minimum absolute atomic E-state index is 0.0281. The number of aromatic hydroxyl groups is 1. The van der Waals surface area contributed by atoms with Crippen LogP contribution in [0.1, 0.15) is 54.1 Å². The zero-order chi connectivity index (χ0) is 27.6. The lowest BCUT2D eigenvalue weighted by atomic mass is 9.74. The van der Waals surface area contributed by atoms with Crippen LogP contribution in [0.15, 0.2) is 58.3 Å². The van der Waals surface area contributed by atoms with E-state index in [2.05, 4.69) is 34.2 Å². The molecule has 9 nitrogen and oxygen atoms in total. The number of H-pyrrole nitrogens is 1. The number of aromatic amines is 1. The Morgan fingerprint density at radius 1 is 1.10 bits per heavy atom. The van der Waals surface area contributed by atoms with E-state index in [1.54, 1.807) is 17.0 Å². The number of nitrogens with one attached hydrogen (secondary N) is 1. The van der Waals surface area contributed by atoms with Crippen LogP contribution in [0.25, 0.3) is 0 Å². The largest absolute Gasteiger partial charge is 0.493 e. The summed E-state index contributed by atoms with van der Waals surface area (Å²) in [6, 6.07) is 13.4. The van der Waals surface area contributed by atoms with Crippen molar-refractivity contribution in [2.75, 3.05) is 19.6 Å². The Morgan fingerprint density at radius 3 is 2.54 bits per heavy atom. The van der Waals surface area contributed by atoms with Gasteiger partial charge >= 0.3 is 5.69 Å². The highest BCUT2D eigenvalue weighted by Gasteiger charge is 2.43. The highest BCUT2D eigenvalue weighted by atomic mass is 19.1. The molecule has 0 radical (unpaired) electrons. The number of carbonyl (C=O) groups excluding carboxylic acids is 1. The minimum atomic E-state index is -0.976. The van der Waals surface area contributed by atoms with Gasteiger partial charge in [-0.05, 0) is 72.8 Å². The molecule has 2 aromatic carbocycles. The first-order chi connectivity index (χ1) is 18.8. The van der Waals surface area contributed by atoms with Crippen LogP contribution in [0.4, 0.5) is 4.39 Å². The number of likely N-dealkylation sites (tertiary alicyclic amines) is 1. The van der Waals surface area contributed by atoms with E-state index in [1.807, 2.05) is 0 Å². The van der Waals surface area contributed by atoms with Gasteiger partial charge in [-0.25, -0.2) is 9.18 Å². The van der Waals surface area contributed by atoms with Gasteiger partial charge in [-0.15, -0.1) is 0 Å². The van der Waals surface area contributed by atoms with E-state index in [4.69, 9.17) is 11.5 Å². The van der Waals surface area contributed by atoms with Crippen molar-refractivity contribution in [2.24, 2.45) is 16.5 Å². The summed E-state index contributed by atoms with van der Waals surface area (Å²) in [5, 5.41) is 11.1. The number of rotatable bonds is 8. The summed E-state index contributed by atoms with van der Waals surface area (Å²) in [7, 11) is 0. The van der Waals surface area contributed by atoms with Crippen LogP contribution >= 0.6 is 0 Å². The van der Waals surface area contributed by atoms with E-state index < -0.39 is 11.7 Å². The van der Waals surface area contributed by atoms with Crippen molar-refractivity contribution in [3.05, 3.63) is 87.2 Å². The Kier molecular flexibility index (Phi) is 7.45. The number of hydrogen-bond donors (Lipinski definition) is 4. The standard InChI is InChI=1S/C29H35FN6O3/c30-21-9-7-19(8-10-21)18-24(36-25(37)23(34-28(36)39)6-3-15-33-27(31)32)26(38)35-16-13-29(14-17-35)12-11-20-4-1-2-5-22(20)29/h1-2,4-5,7-10,24,37H,3,6,11-18H2,(H,34,39)(H4,31,32,33)/t24-/m1/s1. The van der Waals surface area contributed by atoms with Crippen LogP contribution in [0.2, 0.25) is 0 Å². The molecule has 0 saturated carbocycles. The van der Waals surface area contributed by atoms with Gasteiger partial charge in [0.1, 0.15) is 11.9 Å². The number of halogens is 1. The van der Waals surface area contributed by atoms with Crippen molar-refractivity contribution in [3.63, 3.8) is 0 Å². The number of aromatic nitrogens is 2. The fourth-order valence-electron chi connectivity index (χ4n) is 6.20. The fourth-order valence-corrected chi connectivity index (χ4v) is 6.20. The summed E-state index contributed by atoms with van der Waals surface area (Å²) in [5.41, 5.74) is 14.0. The van der Waals surface area contributed by atoms with Crippen LogP contribution < -0.4 is 17.2 Å². The smallest absolute Gasteiger partial charge is 0.329 e. The maximum absolute atomic E-state index is 14.0. The van der Waals surface area contributed by atoms with Crippen LogP contribution in [0, 0.1) is 5.82 Å². The van der Waals surface area contributed by atoms with Crippen LogP contribution in [0.3, 0.4) is 0 Å². The molecule has 1 fully saturated rings. The lowest BCUT2D eigenvalue weighted by Crippen LogP contribution is -2.48. The van der Waals surface area contributed by atoms with Crippen LogP contribution in [-0.2, 0) is 29.5 Å². The number of benzene rings is 2. The maximum Gasteiger partial charge on any atom is 0.329 e. The second-order valence-corrected chi connectivity index (χ2v) is 10.6. The van der Waals surface area contributed by atoms with Crippen molar-refractivity contribution in [1.82, 2.24) is 14.5 Å². The molecule has 1 spiro atoms. The molecule has 3 aromatic rings. The van der Waals surface area contributed by atoms with E-state index in [0.29, 0.717) is 43.7 Å². The Bertz CT molecular complexity index is 1420. The topological polar surface area (TPSA) is 143 Å². The third-order valence-electron chi connectivity index (χ3n) is 8.29. The van der Waals surface area contributed by atoms with Gasteiger partial charge in [0.2, 0.25) is 11.8 Å². The van der Waals surface area contributed by atoms with E-state index in [0.717, 1.165) is 30.3 Å². The number of aryl methyl sites for hydroxylation is 2. The van der Waals surface area contributed by atoms with Crippen molar-refractivity contribution >= 4 is 11.9 Å². The number of aliphatic imine (C=N–C) groups is 1. The van der Waals surface area contributed by atoms with Crippen molar-refractivity contribution < 1.29 is 14.3 Å². The lowest BCUT2D eigenvalue weighted by molar-refractivity contribution is -0.136. The highest BCUT2D eigenvalue weighted by Crippen LogP contribution is 2.46. The number of nitrogens with zero attached hydrogens (tertiary/aromatic N) is 3. The second kappa shape index (κ2) is 11.0. The molecule has 1 aromatic heterocycles. The Hall–Kier alpha value is -4.08. The van der Waals surface area contributed by atoms with Gasteiger partial charge in [-0.2, -0.15) is 0 Å². The third-order valence-corrected chi connectivity index (χ3v) is 8.29. The molecule has 5 rings (SSSR count). The summed E-state index contributed by atoms with van der Waals surface area (Å²) in [5.74, 6) is -0.920. The Labute approximate surface area is 226 Å². The van der Waals surface area contributed by atoms with Crippen molar-refractivity contribution in [1.29, 1.82) is 0 Å². The summed E-state index contributed by atoms with van der Waals surface area (Å²) in [6.07, 6.45) is 4.80. The molecule has 206 valence electrons. The number of guanidine groups is 1. The number of imidazole rings is 1. The summed E-state index contributed by atoms with van der Waals surface area (Å²) >= 11 is 0. The molecule has 6 N–H and O–H groups in total. The molecule has 10 heteroatoms. The molecule has 1 amide bonds. The highest BCUT2D eigenvalue weighted by molar-refractivity contribution is 5.81. The average Bonchev–Trinajstić information content (AvgIpc) is 3.42. The average molecular weight is 535 g/mol. The zero-order valence-corrected chi connectivity index (χ0v) is 21.9. The maximum atomic E-state index is 14.0. The molecule has 1 aliphatic carbocycles. The second-order valence-electron chi connectivity index (χ2n) is 10.6.